The number of nitrogens with zero attached hydrogens (tertiary/aromatic N) is 1. The number of nitrogens with one attached hydrogen (secondary N) is 1. The van der Waals surface area contributed by atoms with E-state index in [4.69, 9.17) is 0 Å². The van der Waals surface area contributed by atoms with Crippen LogP contribution < -0.4 is 5.32 Å². The number of allylic oxidation sites excluding steroid dienone is 2. The highest BCUT2D eigenvalue weighted by atomic mass is 32.2. The van der Waals surface area contributed by atoms with E-state index in [1.165, 1.54) is 12.1 Å². The number of rotatable bonds is 6. The Balaban J connectivity index is 1.51. The molecule has 1 aliphatic carbocycles. The van der Waals surface area contributed by atoms with Crippen molar-refractivity contribution in [3.05, 3.63) is 52.7 Å². The molecule has 7 heteroatoms. The van der Waals surface area contributed by atoms with Crippen LogP contribution in [0.15, 0.2) is 41.3 Å². The molecule has 5 nitrogen and oxygen atoms in total. The van der Waals surface area contributed by atoms with Crippen molar-refractivity contribution in [3.63, 3.8) is 0 Å². The number of imide groups is 1. The summed E-state index contributed by atoms with van der Waals surface area (Å²) in [5.74, 6) is -0.544. The minimum atomic E-state index is -0.391. The van der Waals surface area contributed by atoms with Gasteiger partial charge in [0.15, 0.2) is 0 Å². The van der Waals surface area contributed by atoms with Crippen LogP contribution in [0.1, 0.15) is 24.8 Å². The van der Waals surface area contributed by atoms with Crippen LogP contribution in [0.2, 0.25) is 0 Å². The smallest absolute Gasteiger partial charge is 0.293 e. The number of amides is 3. The third kappa shape index (κ3) is 4.60. The van der Waals surface area contributed by atoms with Gasteiger partial charge in [0.2, 0.25) is 5.91 Å². The van der Waals surface area contributed by atoms with E-state index in [1.54, 1.807) is 18.2 Å². The Bertz CT molecular complexity index is 773. The van der Waals surface area contributed by atoms with Crippen LogP contribution in [-0.2, 0) is 9.59 Å². The van der Waals surface area contributed by atoms with Gasteiger partial charge in [-0.1, -0.05) is 24.3 Å². The van der Waals surface area contributed by atoms with E-state index in [0.717, 1.165) is 29.5 Å². The quantitative estimate of drug-likeness (QED) is 0.613. The maximum atomic E-state index is 12.9. The Morgan fingerprint density at radius 3 is 2.77 bits per heavy atom. The van der Waals surface area contributed by atoms with Gasteiger partial charge in [-0.2, -0.15) is 0 Å². The summed E-state index contributed by atoms with van der Waals surface area (Å²) in [5.41, 5.74) is 0.648. The molecule has 1 aromatic rings. The number of hydrogen-bond donors (Lipinski definition) is 1. The standard InChI is InChI=1S/C19H19FN2O3S/c20-15-7-5-14(6-8-15)11-16-18(24)22(19(25)26-16)10-9-21-17(23)12-13-3-1-2-4-13/h1,3,5-8,11,13H,2,4,9-10,12H2,(H,21,23)/b16-11+. The first-order valence-corrected chi connectivity index (χ1v) is 9.29. The molecule has 0 bridgehead atoms. The normalized spacial score (nSPS) is 21.0. The van der Waals surface area contributed by atoms with Crippen LogP contribution in [0.4, 0.5) is 9.18 Å². The monoisotopic (exact) mass is 374 g/mol. The van der Waals surface area contributed by atoms with Crippen LogP contribution in [0.5, 0.6) is 0 Å². The van der Waals surface area contributed by atoms with E-state index in [2.05, 4.69) is 17.5 Å². The van der Waals surface area contributed by atoms with Crippen molar-refractivity contribution in [3.8, 4) is 0 Å². The van der Waals surface area contributed by atoms with Gasteiger partial charge in [-0.15, -0.1) is 0 Å². The highest BCUT2D eigenvalue weighted by Gasteiger charge is 2.34. The van der Waals surface area contributed by atoms with E-state index >= 15 is 0 Å². The predicted octanol–water partition coefficient (Wildman–Crippen LogP) is 3.33. The Kier molecular flexibility index (Phi) is 5.88. The van der Waals surface area contributed by atoms with Crippen molar-refractivity contribution in [1.82, 2.24) is 10.2 Å². The molecule has 0 aromatic heterocycles. The lowest BCUT2D eigenvalue weighted by atomic mass is 10.1. The molecule has 1 heterocycles. The number of thioether (sulfide) groups is 1. The number of halogens is 1. The van der Waals surface area contributed by atoms with Gasteiger partial charge in [-0.25, -0.2) is 4.39 Å². The Morgan fingerprint density at radius 1 is 1.31 bits per heavy atom. The van der Waals surface area contributed by atoms with Crippen LogP contribution >= 0.6 is 11.8 Å². The van der Waals surface area contributed by atoms with E-state index < -0.39 is 5.91 Å². The fourth-order valence-electron chi connectivity index (χ4n) is 2.89. The van der Waals surface area contributed by atoms with Gasteiger partial charge in [0.25, 0.3) is 11.1 Å². The molecule has 1 N–H and O–H groups in total. The molecule has 1 unspecified atom stereocenters. The molecule has 0 spiro atoms. The molecule has 1 atom stereocenters. The van der Waals surface area contributed by atoms with Crippen LogP contribution in [0.3, 0.4) is 0 Å². The summed E-state index contributed by atoms with van der Waals surface area (Å²) in [4.78, 5) is 37.7. The van der Waals surface area contributed by atoms with Gasteiger partial charge >= 0.3 is 0 Å². The highest BCUT2D eigenvalue weighted by Crippen LogP contribution is 2.31. The first-order valence-electron chi connectivity index (χ1n) is 8.47. The number of carbonyl (C=O) groups is 3. The van der Waals surface area contributed by atoms with Gasteiger partial charge in [0.05, 0.1) is 4.91 Å². The van der Waals surface area contributed by atoms with Gasteiger partial charge in [-0.05, 0) is 54.3 Å². The average Bonchev–Trinajstić information content (AvgIpc) is 3.20. The SMILES string of the molecule is O=C(CC1C=CCC1)NCCN1C(=O)S/C(=C/c2ccc(F)cc2)C1=O. The summed E-state index contributed by atoms with van der Waals surface area (Å²) in [6, 6.07) is 5.68. The topological polar surface area (TPSA) is 66.5 Å². The summed E-state index contributed by atoms with van der Waals surface area (Å²) in [5, 5.41) is 2.39. The van der Waals surface area contributed by atoms with Crippen molar-refractivity contribution in [1.29, 1.82) is 0 Å². The summed E-state index contributed by atoms with van der Waals surface area (Å²) in [6.45, 7) is 0.370. The second kappa shape index (κ2) is 8.31. The summed E-state index contributed by atoms with van der Waals surface area (Å²) < 4.78 is 12.9. The zero-order chi connectivity index (χ0) is 18.5. The summed E-state index contributed by atoms with van der Waals surface area (Å²) in [7, 11) is 0. The molecule has 136 valence electrons. The average molecular weight is 374 g/mol. The van der Waals surface area contributed by atoms with Gasteiger partial charge in [0.1, 0.15) is 5.82 Å². The number of hydrogen-bond acceptors (Lipinski definition) is 4. The second-order valence-electron chi connectivity index (χ2n) is 6.20. The minimum Gasteiger partial charge on any atom is -0.354 e. The van der Waals surface area contributed by atoms with Crippen LogP contribution in [0, 0.1) is 11.7 Å². The fourth-order valence-corrected chi connectivity index (χ4v) is 3.75. The maximum Gasteiger partial charge on any atom is 0.293 e. The molecule has 3 rings (SSSR count). The maximum absolute atomic E-state index is 12.9. The van der Waals surface area contributed by atoms with E-state index in [9.17, 15) is 18.8 Å². The lowest BCUT2D eigenvalue weighted by Gasteiger charge is -2.13. The number of carbonyl (C=O) groups excluding carboxylic acids is 3. The van der Waals surface area contributed by atoms with E-state index in [0.29, 0.717) is 16.9 Å². The molecule has 1 saturated heterocycles. The van der Waals surface area contributed by atoms with Crippen molar-refractivity contribution in [2.75, 3.05) is 13.1 Å². The van der Waals surface area contributed by atoms with Crippen LogP contribution in [-0.4, -0.2) is 35.0 Å². The molecule has 2 aliphatic rings. The molecular formula is C19H19FN2O3S. The molecule has 3 amide bonds. The van der Waals surface area contributed by atoms with Gasteiger partial charge in [0, 0.05) is 19.5 Å². The molecule has 26 heavy (non-hydrogen) atoms. The first kappa shape index (κ1) is 18.4. The van der Waals surface area contributed by atoms with Gasteiger partial charge < -0.3 is 5.32 Å². The fraction of sp³-hybridized carbons (Fsp3) is 0.316. The molecule has 1 aliphatic heterocycles. The molecule has 0 saturated carbocycles. The van der Waals surface area contributed by atoms with E-state index in [1.807, 2.05) is 0 Å². The Labute approximate surface area is 155 Å². The molecule has 0 radical (unpaired) electrons. The van der Waals surface area contributed by atoms with E-state index in [-0.39, 0.29) is 36.0 Å². The zero-order valence-corrected chi connectivity index (χ0v) is 14.9. The third-order valence-electron chi connectivity index (χ3n) is 4.26. The zero-order valence-electron chi connectivity index (χ0n) is 14.1. The molecule has 1 aromatic carbocycles. The lowest BCUT2D eigenvalue weighted by Crippen LogP contribution is -2.37. The third-order valence-corrected chi connectivity index (χ3v) is 5.17. The van der Waals surface area contributed by atoms with Crippen LogP contribution in [0.25, 0.3) is 6.08 Å². The van der Waals surface area contributed by atoms with Gasteiger partial charge in [-0.3, -0.25) is 19.3 Å². The Hall–Kier alpha value is -2.41. The van der Waals surface area contributed by atoms with Crippen molar-refractivity contribution in [2.24, 2.45) is 5.92 Å². The Morgan fingerprint density at radius 2 is 2.08 bits per heavy atom. The number of benzene rings is 1. The molecular weight excluding hydrogens is 355 g/mol. The largest absolute Gasteiger partial charge is 0.354 e. The minimum absolute atomic E-state index is 0.0737. The lowest BCUT2D eigenvalue weighted by molar-refractivity contribution is -0.124. The molecule has 1 fully saturated rings. The second-order valence-corrected chi connectivity index (χ2v) is 7.20. The van der Waals surface area contributed by atoms with Crippen molar-refractivity contribution >= 4 is 34.9 Å². The first-order chi connectivity index (χ1) is 12.5. The van der Waals surface area contributed by atoms with Crippen molar-refractivity contribution in [2.45, 2.75) is 19.3 Å². The van der Waals surface area contributed by atoms with Crippen molar-refractivity contribution < 1.29 is 18.8 Å². The summed E-state index contributed by atoms with van der Waals surface area (Å²) >= 11 is 0.849. The summed E-state index contributed by atoms with van der Waals surface area (Å²) in [6.07, 6.45) is 8.13. The predicted molar refractivity (Wildman–Crippen MR) is 98.6 cm³/mol. The highest BCUT2D eigenvalue weighted by molar-refractivity contribution is 8.18.